The average molecular weight is 295 g/mol. The Balaban J connectivity index is 2.16. The summed E-state index contributed by atoms with van der Waals surface area (Å²) in [7, 11) is 0. The number of nitrogens with one attached hydrogen (secondary N) is 1. The van der Waals surface area contributed by atoms with E-state index in [4.69, 9.17) is 10.6 Å². The summed E-state index contributed by atoms with van der Waals surface area (Å²) >= 11 is 0. The maximum Gasteiger partial charge on any atom is 0.268 e. The van der Waals surface area contributed by atoms with Gasteiger partial charge in [-0.2, -0.15) is 5.10 Å². The predicted molar refractivity (Wildman–Crippen MR) is 77.6 cm³/mol. The van der Waals surface area contributed by atoms with Crippen LogP contribution in [0.15, 0.2) is 17.1 Å². The Hall–Kier alpha value is -1.93. The lowest BCUT2D eigenvalue weighted by Gasteiger charge is -2.28. The molecule has 1 fully saturated rings. The molecule has 116 valence electrons. The molecule has 8 heteroatoms. The number of anilines is 1. The Bertz CT molecular complexity index is 563. The second kappa shape index (κ2) is 6.23. The average Bonchev–Trinajstić information content (AvgIpc) is 2.49. The molecule has 0 aromatic carbocycles. The highest BCUT2D eigenvalue weighted by Crippen LogP contribution is 2.17. The zero-order chi connectivity index (χ0) is 15.5. The third kappa shape index (κ3) is 3.59. The van der Waals surface area contributed by atoms with Crippen molar-refractivity contribution in [1.29, 1.82) is 0 Å². The molecule has 2 rings (SSSR count). The van der Waals surface area contributed by atoms with Crippen LogP contribution in [0.25, 0.3) is 0 Å². The lowest BCUT2D eigenvalue weighted by Crippen LogP contribution is -2.45. The number of hydrazine groups is 1. The molecule has 0 radical (unpaired) electrons. The molecule has 1 amide bonds. The molecular weight excluding hydrogens is 274 g/mol. The minimum absolute atomic E-state index is 0.165. The van der Waals surface area contributed by atoms with E-state index in [0.29, 0.717) is 13.2 Å². The maximum absolute atomic E-state index is 12.2. The van der Waals surface area contributed by atoms with Crippen LogP contribution in [-0.4, -0.2) is 42.0 Å². The smallest absolute Gasteiger partial charge is 0.268 e. The number of carbonyl (C=O) groups excluding carboxylic acids is 1. The van der Waals surface area contributed by atoms with E-state index in [1.165, 1.54) is 10.7 Å². The second-order valence-corrected chi connectivity index (χ2v) is 5.67. The fourth-order valence-corrected chi connectivity index (χ4v) is 2.18. The van der Waals surface area contributed by atoms with Gasteiger partial charge in [0.05, 0.1) is 37.1 Å². The largest absolute Gasteiger partial charge is 0.378 e. The Labute approximate surface area is 122 Å². The molecule has 21 heavy (non-hydrogen) atoms. The topological polar surface area (TPSA) is 102 Å². The van der Waals surface area contributed by atoms with Crippen molar-refractivity contribution < 1.29 is 9.53 Å². The summed E-state index contributed by atoms with van der Waals surface area (Å²) in [5, 5.41) is 4.16. The van der Waals surface area contributed by atoms with E-state index in [0.717, 1.165) is 18.8 Å². The van der Waals surface area contributed by atoms with E-state index in [1.54, 1.807) is 20.0 Å². The quantitative estimate of drug-likeness (QED) is 0.424. The SMILES string of the molecule is CC(C)(Cn1ncc(N2CCOCC2)cc1=O)C(=O)NN. The number of nitrogens with two attached hydrogens (primary N) is 1. The lowest BCUT2D eigenvalue weighted by molar-refractivity contribution is -0.130. The van der Waals surface area contributed by atoms with Crippen molar-refractivity contribution in [2.45, 2.75) is 20.4 Å². The standard InChI is InChI=1S/C13H21N5O3/c1-13(2,12(20)16-14)9-18-11(19)7-10(8-15-18)17-3-5-21-6-4-17/h7-8H,3-6,9,14H2,1-2H3,(H,16,20). The minimum Gasteiger partial charge on any atom is -0.378 e. The molecule has 1 saturated heterocycles. The maximum atomic E-state index is 12.2. The summed E-state index contributed by atoms with van der Waals surface area (Å²) in [6.45, 7) is 6.36. The normalized spacial score (nSPS) is 15.9. The van der Waals surface area contributed by atoms with Crippen LogP contribution in [0, 0.1) is 5.41 Å². The van der Waals surface area contributed by atoms with Gasteiger partial charge in [-0.15, -0.1) is 0 Å². The van der Waals surface area contributed by atoms with Crippen LogP contribution in [0.5, 0.6) is 0 Å². The zero-order valence-electron chi connectivity index (χ0n) is 12.3. The third-order valence-corrected chi connectivity index (χ3v) is 3.52. The van der Waals surface area contributed by atoms with Gasteiger partial charge in [0.2, 0.25) is 5.91 Å². The van der Waals surface area contributed by atoms with Crippen molar-refractivity contribution in [3.05, 3.63) is 22.6 Å². The molecule has 1 aromatic rings. The van der Waals surface area contributed by atoms with Gasteiger partial charge in [0.1, 0.15) is 0 Å². The first-order valence-corrected chi connectivity index (χ1v) is 6.85. The van der Waals surface area contributed by atoms with Crippen molar-refractivity contribution >= 4 is 11.6 Å². The molecule has 1 aliphatic rings. The van der Waals surface area contributed by atoms with E-state index >= 15 is 0 Å². The number of nitrogens with zero attached hydrogens (tertiary/aromatic N) is 3. The zero-order valence-corrected chi connectivity index (χ0v) is 12.3. The summed E-state index contributed by atoms with van der Waals surface area (Å²) in [6, 6.07) is 1.54. The lowest BCUT2D eigenvalue weighted by atomic mass is 9.93. The highest BCUT2D eigenvalue weighted by Gasteiger charge is 2.28. The molecule has 2 heterocycles. The molecule has 3 N–H and O–H groups in total. The summed E-state index contributed by atoms with van der Waals surface area (Å²) in [5.74, 6) is 4.81. The van der Waals surface area contributed by atoms with Gasteiger partial charge in [0.25, 0.3) is 5.56 Å². The van der Waals surface area contributed by atoms with Crippen molar-refractivity contribution in [1.82, 2.24) is 15.2 Å². The first-order chi connectivity index (χ1) is 9.94. The molecule has 1 aliphatic heterocycles. The van der Waals surface area contributed by atoms with E-state index in [2.05, 4.69) is 15.4 Å². The molecule has 0 bridgehead atoms. The molecule has 0 unspecified atom stereocenters. The summed E-state index contributed by atoms with van der Waals surface area (Å²) < 4.78 is 6.56. The fourth-order valence-electron chi connectivity index (χ4n) is 2.18. The molecular formula is C13H21N5O3. The van der Waals surface area contributed by atoms with Crippen LogP contribution in [0.2, 0.25) is 0 Å². The Morgan fingerprint density at radius 3 is 2.71 bits per heavy atom. The fraction of sp³-hybridized carbons (Fsp3) is 0.615. The first kappa shape index (κ1) is 15.5. The van der Waals surface area contributed by atoms with E-state index in [9.17, 15) is 9.59 Å². The molecule has 1 aromatic heterocycles. The van der Waals surface area contributed by atoms with Gasteiger partial charge in [-0.25, -0.2) is 10.5 Å². The number of hydrogen-bond donors (Lipinski definition) is 2. The summed E-state index contributed by atoms with van der Waals surface area (Å²) in [5.41, 5.74) is 1.83. The number of hydrogen-bond acceptors (Lipinski definition) is 6. The van der Waals surface area contributed by atoms with Crippen LogP contribution in [0.3, 0.4) is 0 Å². The first-order valence-electron chi connectivity index (χ1n) is 6.85. The monoisotopic (exact) mass is 295 g/mol. The van der Waals surface area contributed by atoms with E-state index in [1.807, 2.05) is 0 Å². The van der Waals surface area contributed by atoms with Crippen LogP contribution in [-0.2, 0) is 16.1 Å². The van der Waals surface area contributed by atoms with Gasteiger partial charge in [0.15, 0.2) is 0 Å². The van der Waals surface area contributed by atoms with Crippen LogP contribution >= 0.6 is 0 Å². The highest BCUT2D eigenvalue weighted by molar-refractivity contribution is 5.81. The van der Waals surface area contributed by atoms with E-state index in [-0.39, 0.29) is 18.0 Å². The van der Waals surface area contributed by atoms with Crippen LogP contribution < -0.4 is 21.7 Å². The molecule has 0 atom stereocenters. The third-order valence-electron chi connectivity index (χ3n) is 3.52. The molecule has 0 spiro atoms. The van der Waals surface area contributed by atoms with E-state index < -0.39 is 5.41 Å². The van der Waals surface area contributed by atoms with Gasteiger partial charge in [0, 0.05) is 19.2 Å². The highest BCUT2D eigenvalue weighted by atomic mass is 16.5. The Morgan fingerprint density at radius 1 is 1.48 bits per heavy atom. The number of amides is 1. The molecule has 0 aliphatic carbocycles. The van der Waals surface area contributed by atoms with Gasteiger partial charge in [-0.05, 0) is 13.8 Å². The van der Waals surface area contributed by atoms with Gasteiger partial charge in [-0.3, -0.25) is 15.0 Å². The number of morpholine rings is 1. The van der Waals surface area contributed by atoms with Crippen molar-refractivity contribution in [2.75, 3.05) is 31.2 Å². The number of rotatable bonds is 4. The Kier molecular flexibility index (Phi) is 4.59. The second-order valence-electron chi connectivity index (χ2n) is 5.67. The van der Waals surface area contributed by atoms with Crippen LogP contribution in [0.1, 0.15) is 13.8 Å². The van der Waals surface area contributed by atoms with Crippen molar-refractivity contribution in [3.63, 3.8) is 0 Å². The number of carbonyl (C=O) groups is 1. The molecule has 0 saturated carbocycles. The summed E-state index contributed by atoms with van der Waals surface area (Å²) in [4.78, 5) is 25.9. The van der Waals surface area contributed by atoms with Gasteiger partial charge in [-0.1, -0.05) is 0 Å². The number of ether oxygens (including phenoxy) is 1. The number of aromatic nitrogens is 2. The van der Waals surface area contributed by atoms with Crippen molar-refractivity contribution in [2.24, 2.45) is 11.3 Å². The summed E-state index contributed by atoms with van der Waals surface area (Å²) in [6.07, 6.45) is 1.64. The predicted octanol–water partition coefficient (Wildman–Crippen LogP) is -0.904. The molecule has 8 nitrogen and oxygen atoms in total. The minimum atomic E-state index is -0.813. The Morgan fingerprint density at radius 2 is 2.14 bits per heavy atom. The van der Waals surface area contributed by atoms with Gasteiger partial charge >= 0.3 is 0 Å². The van der Waals surface area contributed by atoms with Gasteiger partial charge < -0.3 is 9.64 Å². The van der Waals surface area contributed by atoms with Crippen LogP contribution in [0.4, 0.5) is 5.69 Å². The van der Waals surface area contributed by atoms with Crippen molar-refractivity contribution in [3.8, 4) is 0 Å².